The van der Waals surface area contributed by atoms with Gasteiger partial charge in [-0.15, -0.1) is 0 Å². The molecule has 0 radical (unpaired) electrons. The molecule has 34 heavy (non-hydrogen) atoms. The number of nitrogens with zero attached hydrogens (tertiary/aromatic N) is 1. The molecule has 3 aromatic carbocycles. The molecule has 178 valence electrons. The molecule has 0 fully saturated rings. The molecule has 0 spiro atoms. The van der Waals surface area contributed by atoms with E-state index in [0.29, 0.717) is 26.2 Å². The first kappa shape index (κ1) is 25.6. The van der Waals surface area contributed by atoms with Gasteiger partial charge in [0.05, 0.1) is 19.3 Å². The summed E-state index contributed by atoms with van der Waals surface area (Å²) in [5, 5.41) is 8.62. The number of hydrogen-bond acceptors (Lipinski definition) is 4. The molecule has 0 heterocycles. The van der Waals surface area contributed by atoms with Crippen LogP contribution >= 0.6 is 0 Å². The van der Waals surface area contributed by atoms with E-state index < -0.39 is 5.60 Å². The van der Waals surface area contributed by atoms with Crippen molar-refractivity contribution in [3.8, 4) is 6.07 Å². The molecule has 0 amide bonds. The fraction of sp³-hybridized carbons (Fsp3) is 0.367. The summed E-state index contributed by atoms with van der Waals surface area (Å²) < 4.78 is 18.5. The van der Waals surface area contributed by atoms with Crippen LogP contribution in [0.3, 0.4) is 0 Å². The zero-order chi connectivity index (χ0) is 23.9. The van der Waals surface area contributed by atoms with E-state index in [-0.39, 0.29) is 6.10 Å². The van der Waals surface area contributed by atoms with Crippen molar-refractivity contribution in [1.82, 2.24) is 0 Å². The van der Waals surface area contributed by atoms with Crippen LogP contribution in [0.4, 0.5) is 0 Å². The lowest BCUT2D eigenvalue weighted by Gasteiger charge is -2.37. The quantitative estimate of drug-likeness (QED) is 0.193. The van der Waals surface area contributed by atoms with E-state index in [0.717, 1.165) is 42.4 Å². The van der Waals surface area contributed by atoms with Crippen LogP contribution in [0.25, 0.3) is 0 Å². The second kappa shape index (κ2) is 14.3. The summed E-state index contributed by atoms with van der Waals surface area (Å²) in [7, 11) is 1.70. The van der Waals surface area contributed by atoms with Gasteiger partial charge in [0.15, 0.2) is 0 Å². The second-order valence-electron chi connectivity index (χ2n) is 8.35. The number of nitriles is 1. The monoisotopic (exact) mass is 457 g/mol. The Morgan fingerprint density at radius 1 is 0.706 bits per heavy atom. The van der Waals surface area contributed by atoms with Gasteiger partial charge in [0.1, 0.15) is 11.7 Å². The van der Waals surface area contributed by atoms with Crippen LogP contribution < -0.4 is 0 Å². The number of hydrogen-bond donors (Lipinski definition) is 0. The van der Waals surface area contributed by atoms with E-state index in [9.17, 15) is 0 Å². The fourth-order valence-corrected chi connectivity index (χ4v) is 4.15. The zero-order valence-electron chi connectivity index (χ0n) is 20.1. The predicted molar refractivity (Wildman–Crippen MR) is 135 cm³/mol. The summed E-state index contributed by atoms with van der Waals surface area (Å²) in [5.74, 6) is 0. The molecule has 3 rings (SSSR count). The van der Waals surface area contributed by atoms with Crippen molar-refractivity contribution in [3.63, 3.8) is 0 Å². The maximum Gasteiger partial charge on any atom is 0.143 e. The first-order chi connectivity index (χ1) is 16.8. The Labute approximate surface area is 204 Å². The molecule has 0 saturated heterocycles. The third-order valence-electron chi connectivity index (χ3n) is 5.99. The molecule has 0 saturated carbocycles. The highest BCUT2D eigenvalue weighted by Gasteiger charge is 2.38. The van der Waals surface area contributed by atoms with E-state index in [1.165, 1.54) is 0 Å². The van der Waals surface area contributed by atoms with Gasteiger partial charge in [-0.25, -0.2) is 0 Å². The van der Waals surface area contributed by atoms with E-state index in [2.05, 4.69) is 42.5 Å². The van der Waals surface area contributed by atoms with Crippen molar-refractivity contribution in [3.05, 3.63) is 108 Å². The summed E-state index contributed by atoms with van der Waals surface area (Å²) in [6, 6.07) is 33.2. The average Bonchev–Trinajstić information content (AvgIpc) is 2.91. The van der Waals surface area contributed by atoms with Crippen molar-refractivity contribution < 1.29 is 14.2 Å². The first-order valence-electron chi connectivity index (χ1n) is 12.1. The normalized spacial score (nSPS) is 12.2. The van der Waals surface area contributed by atoms with Gasteiger partial charge in [-0.3, -0.25) is 0 Å². The van der Waals surface area contributed by atoms with E-state index in [1.54, 1.807) is 7.11 Å². The molecule has 0 aliphatic heterocycles. The Bertz CT molecular complexity index is 874. The summed E-state index contributed by atoms with van der Waals surface area (Å²) in [5.41, 5.74) is 2.45. The van der Waals surface area contributed by atoms with Gasteiger partial charge in [0.25, 0.3) is 0 Å². The minimum absolute atomic E-state index is 0.186. The lowest BCUT2D eigenvalue weighted by atomic mass is 9.80. The Hall–Kier alpha value is -2.97. The molecular weight excluding hydrogens is 422 g/mol. The highest BCUT2D eigenvalue weighted by atomic mass is 16.6. The third-order valence-corrected chi connectivity index (χ3v) is 5.99. The molecule has 0 aliphatic rings. The van der Waals surface area contributed by atoms with E-state index in [1.807, 2.05) is 54.6 Å². The minimum Gasteiger partial charge on any atom is -0.379 e. The van der Waals surface area contributed by atoms with Crippen LogP contribution in [0, 0.1) is 11.3 Å². The van der Waals surface area contributed by atoms with Crippen LogP contribution in [0.2, 0.25) is 0 Å². The Kier molecular flexibility index (Phi) is 10.8. The number of unbranched alkanes of at least 4 members (excludes halogenated alkanes) is 4. The maximum atomic E-state index is 8.62. The van der Waals surface area contributed by atoms with E-state index in [4.69, 9.17) is 19.5 Å². The number of benzene rings is 3. The molecule has 1 atom stereocenters. The molecule has 4 heteroatoms. The van der Waals surface area contributed by atoms with Crippen LogP contribution in [0.15, 0.2) is 91.0 Å². The predicted octanol–water partition coefficient (Wildman–Crippen LogP) is 6.50. The summed E-state index contributed by atoms with van der Waals surface area (Å²) >= 11 is 0. The largest absolute Gasteiger partial charge is 0.379 e. The lowest BCUT2D eigenvalue weighted by molar-refractivity contribution is -0.0785. The molecule has 0 aromatic heterocycles. The number of rotatable bonds is 15. The molecule has 0 N–H and O–H groups in total. The van der Waals surface area contributed by atoms with Crippen molar-refractivity contribution in [1.29, 1.82) is 5.26 Å². The Balaban J connectivity index is 1.74. The summed E-state index contributed by atoms with van der Waals surface area (Å²) in [4.78, 5) is 0. The minimum atomic E-state index is -0.763. The van der Waals surface area contributed by atoms with Crippen molar-refractivity contribution in [2.24, 2.45) is 0 Å². The lowest BCUT2D eigenvalue weighted by Crippen LogP contribution is -2.37. The van der Waals surface area contributed by atoms with Crippen LogP contribution in [0.1, 0.15) is 48.8 Å². The number of methoxy groups -OCH3 is 1. The van der Waals surface area contributed by atoms with Crippen LogP contribution in [0.5, 0.6) is 0 Å². The average molecular weight is 458 g/mol. The SMILES string of the molecule is COC(COCCCCCCC#N)COC(c1ccccc1)(c1ccccc1)c1ccccc1. The Morgan fingerprint density at radius 2 is 1.21 bits per heavy atom. The summed E-state index contributed by atoms with van der Waals surface area (Å²) in [6.45, 7) is 1.55. The smallest absolute Gasteiger partial charge is 0.143 e. The fourth-order valence-electron chi connectivity index (χ4n) is 4.15. The topological polar surface area (TPSA) is 51.5 Å². The maximum absolute atomic E-state index is 8.62. The van der Waals surface area contributed by atoms with Crippen molar-refractivity contribution in [2.45, 2.75) is 43.8 Å². The Morgan fingerprint density at radius 3 is 1.68 bits per heavy atom. The van der Waals surface area contributed by atoms with E-state index >= 15 is 0 Å². The van der Waals surface area contributed by atoms with Gasteiger partial charge >= 0.3 is 0 Å². The van der Waals surface area contributed by atoms with Crippen LogP contribution in [-0.2, 0) is 19.8 Å². The van der Waals surface area contributed by atoms with Crippen LogP contribution in [-0.4, -0.2) is 33.0 Å². The van der Waals surface area contributed by atoms with Gasteiger partial charge in [-0.2, -0.15) is 5.26 Å². The van der Waals surface area contributed by atoms with Gasteiger partial charge in [-0.1, -0.05) is 104 Å². The highest BCUT2D eigenvalue weighted by Crippen LogP contribution is 2.40. The van der Waals surface area contributed by atoms with Gasteiger partial charge in [0.2, 0.25) is 0 Å². The number of ether oxygens (including phenoxy) is 3. The molecule has 1 unspecified atom stereocenters. The van der Waals surface area contributed by atoms with Gasteiger partial charge < -0.3 is 14.2 Å². The third kappa shape index (κ3) is 7.01. The van der Waals surface area contributed by atoms with Crippen molar-refractivity contribution >= 4 is 0 Å². The molecular formula is C30H35NO3. The first-order valence-corrected chi connectivity index (χ1v) is 12.1. The molecule has 0 aliphatic carbocycles. The van der Waals surface area contributed by atoms with Gasteiger partial charge in [-0.05, 0) is 29.5 Å². The highest BCUT2D eigenvalue weighted by molar-refractivity contribution is 5.47. The van der Waals surface area contributed by atoms with Crippen molar-refractivity contribution in [2.75, 3.05) is 26.9 Å². The summed E-state index contributed by atoms with van der Waals surface area (Å²) in [6.07, 6.45) is 4.55. The molecule has 3 aromatic rings. The molecule has 0 bridgehead atoms. The standard InChI is InChI=1S/C30H35NO3/c1-32-29(24-33-23-15-4-2-3-14-22-31)25-34-30(26-16-8-5-9-17-26,27-18-10-6-11-19-27)28-20-12-7-13-21-28/h5-13,16-21,29H,2-4,14-15,23-25H2,1H3. The zero-order valence-corrected chi connectivity index (χ0v) is 20.1. The van der Waals surface area contributed by atoms with Gasteiger partial charge in [0, 0.05) is 20.1 Å². The molecule has 4 nitrogen and oxygen atoms in total. The second-order valence-corrected chi connectivity index (χ2v) is 8.35.